The molecule has 1 amide bonds. The largest absolute Gasteiger partial charge is 0.494 e. The van der Waals surface area contributed by atoms with Crippen LogP contribution in [0.5, 0.6) is 5.75 Å². The zero-order valence-electron chi connectivity index (χ0n) is 25.3. The van der Waals surface area contributed by atoms with Gasteiger partial charge in [-0.15, -0.1) is 0 Å². The zero-order valence-corrected chi connectivity index (χ0v) is 26.9. The minimum absolute atomic E-state index is 0.000911. The maximum atomic E-state index is 14.4. The number of rotatable bonds is 13. The molecule has 0 spiro atoms. The van der Waals surface area contributed by atoms with Gasteiger partial charge >= 0.3 is 6.18 Å². The lowest BCUT2D eigenvalue weighted by Crippen LogP contribution is -2.53. The van der Waals surface area contributed by atoms with E-state index in [1.165, 1.54) is 12.1 Å². The van der Waals surface area contributed by atoms with Gasteiger partial charge in [0.05, 0.1) is 12.2 Å². The Morgan fingerprint density at radius 2 is 1.81 bits per heavy atom. The number of nitrogens with one attached hydrogen (secondary N) is 2. The van der Waals surface area contributed by atoms with E-state index in [-0.39, 0.29) is 25.5 Å². The summed E-state index contributed by atoms with van der Waals surface area (Å²) in [5.41, 5.74) is 14.4. The Bertz CT molecular complexity index is 1830. The number of amides is 1. The molecule has 0 fully saturated rings. The second kappa shape index (κ2) is 15.3. The Kier molecular flexibility index (Phi) is 11.0. The summed E-state index contributed by atoms with van der Waals surface area (Å²) < 4.78 is 52.7. The molecule has 4 aromatic rings. The fourth-order valence-corrected chi connectivity index (χ4v) is 5.73. The molecule has 1 aliphatic rings. The van der Waals surface area contributed by atoms with Gasteiger partial charge in [0.1, 0.15) is 5.75 Å². The first-order valence-corrected chi connectivity index (χ1v) is 15.6. The van der Waals surface area contributed by atoms with Crippen molar-refractivity contribution in [1.29, 1.82) is 0 Å². The Balaban J connectivity index is 1.55. The molecule has 0 aromatic heterocycles. The van der Waals surface area contributed by atoms with Crippen molar-refractivity contribution in [3.63, 3.8) is 0 Å². The minimum atomic E-state index is -4.52. The Morgan fingerprint density at radius 1 is 1.06 bits per heavy atom. The summed E-state index contributed by atoms with van der Waals surface area (Å²) in [6, 6.07) is 25.7. The van der Waals surface area contributed by atoms with Crippen molar-refractivity contribution in [1.82, 2.24) is 10.9 Å². The standard InChI is InChI=1S/C34H30BrF3N6O4/c35-28-11-3-2-10-27(28)30-33(20-24-8-1-4-12-29(24)42-44-39,32(46)43-40-21-22-7-5-9-25(19-22)34(36,37)38)41-31(48-30)23-13-15-26(16-14-23)47-18-6-17-45/h1-5,7-16,19,30,40,45H,6,17-18,20-21H2,(H,43,46)/t30-,33-/m0/s1. The van der Waals surface area contributed by atoms with Crippen LogP contribution in [0, 0.1) is 0 Å². The summed E-state index contributed by atoms with van der Waals surface area (Å²) in [7, 11) is 0. The maximum Gasteiger partial charge on any atom is 0.416 e. The molecule has 0 saturated heterocycles. The first-order chi connectivity index (χ1) is 23.1. The molecule has 14 heteroatoms. The van der Waals surface area contributed by atoms with Crippen LogP contribution in [0.15, 0.2) is 112 Å². The molecule has 4 aromatic carbocycles. The molecule has 0 unspecified atom stereocenters. The molecule has 5 rings (SSSR count). The summed E-state index contributed by atoms with van der Waals surface area (Å²) in [5.74, 6) is 0.0936. The van der Waals surface area contributed by atoms with E-state index < -0.39 is 29.3 Å². The number of halogens is 4. The predicted octanol–water partition coefficient (Wildman–Crippen LogP) is 7.49. The molecule has 2 atom stereocenters. The van der Waals surface area contributed by atoms with Crippen LogP contribution < -0.4 is 15.6 Å². The van der Waals surface area contributed by atoms with Gasteiger partial charge in [-0.2, -0.15) is 13.2 Å². The normalized spacial score (nSPS) is 17.2. The summed E-state index contributed by atoms with van der Waals surface area (Å²) in [6.07, 6.45) is -5.12. The molecule has 10 nitrogen and oxygen atoms in total. The lowest BCUT2D eigenvalue weighted by atomic mass is 9.81. The van der Waals surface area contributed by atoms with E-state index in [2.05, 4.69) is 36.8 Å². The SMILES string of the molecule is [N-]=[N+]=Nc1ccccc1C[C@]1(C(=O)NNCc2cccc(C(F)(F)F)c2)N=C(c2ccc(OCCCO)cc2)O[C@H]1c1ccccc1Br. The van der Waals surface area contributed by atoms with E-state index in [4.69, 9.17) is 19.6 Å². The zero-order chi connectivity index (χ0) is 34.1. The summed E-state index contributed by atoms with van der Waals surface area (Å²) in [5, 5.41) is 12.9. The van der Waals surface area contributed by atoms with Crippen molar-refractivity contribution in [2.75, 3.05) is 13.2 Å². The fourth-order valence-electron chi connectivity index (χ4n) is 5.24. The second-order valence-electron chi connectivity index (χ2n) is 10.8. The number of aliphatic hydroxyl groups is 1. The lowest BCUT2D eigenvalue weighted by molar-refractivity contribution is -0.137. The topological polar surface area (TPSA) is 141 Å². The first-order valence-electron chi connectivity index (χ1n) is 14.8. The van der Waals surface area contributed by atoms with E-state index in [1.54, 1.807) is 66.7 Å². The van der Waals surface area contributed by atoms with Gasteiger partial charge in [-0.1, -0.05) is 81.7 Å². The predicted molar refractivity (Wildman–Crippen MR) is 176 cm³/mol. The monoisotopic (exact) mass is 722 g/mol. The van der Waals surface area contributed by atoms with Crippen LogP contribution in [-0.2, 0) is 28.7 Å². The van der Waals surface area contributed by atoms with Crippen LogP contribution in [0.3, 0.4) is 0 Å². The van der Waals surface area contributed by atoms with Crippen LogP contribution in [0.25, 0.3) is 10.4 Å². The number of nitrogens with zero attached hydrogens (tertiary/aromatic N) is 4. The van der Waals surface area contributed by atoms with E-state index >= 15 is 0 Å². The third-order valence-corrected chi connectivity index (χ3v) is 8.29. The average molecular weight is 724 g/mol. The van der Waals surface area contributed by atoms with Crippen LogP contribution in [0.2, 0.25) is 0 Å². The quantitative estimate of drug-likeness (QED) is 0.0431. The maximum absolute atomic E-state index is 14.4. The van der Waals surface area contributed by atoms with Crippen LogP contribution in [0.4, 0.5) is 18.9 Å². The number of hydrogen-bond donors (Lipinski definition) is 3. The first kappa shape index (κ1) is 34.5. The third-order valence-electron chi connectivity index (χ3n) is 7.57. The van der Waals surface area contributed by atoms with Crippen molar-refractivity contribution in [3.8, 4) is 5.75 Å². The molecule has 48 heavy (non-hydrogen) atoms. The number of carbonyl (C=O) groups excluding carboxylic acids is 1. The smallest absolute Gasteiger partial charge is 0.416 e. The Morgan fingerprint density at radius 3 is 2.54 bits per heavy atom. The van der Waals surface area contributed by atoms with E-state index in [9.17, 15) is 23.5 Å². The van der Waals surface area contributed by atoms with Crippen LogP contribution in [0.1, 0.15) is 40.3 Å². The highest BCUT2D eigenvalue weighted by Crippen LogP contribution is 2.45. The Hall–Kier alpha value is -4.88. The summed E-state index contributed by atoms with van der Waals surface area (Å²) >= 11 is 3.58. The van der Waals surface area contributed by atoms with Gasteiger partial charge in [-0.25, -0.2) is 10.4 Å². The molecule has 0 radical (unpaired) electrons. The van der Waals surface area contributed by atoms with Crippen LogP contribution in [-0.4, -0.2) is 35.7 Å². The molecular formula is C34H30BrF3N6O4. The van der Waals surface area contributed by atoms with Gasteiger partial charge in [0, 0.05) is 52.2 Å². The van der Waals surface area contributed by atoms with E-state index in [0.29, 0.717) is 51.2 Å². The lowest BCUT2D eigenvalue weighted by Gasteiger charge is -2.31. The van der Waals surface area contributed by atoms with E-state index in [0.717, 1.165) is 12.1 Å². The van der Waals surface area contributed by atoms with Crippen molar-refractivity contribution in [2.24, 2.45) is 10.1 Å². The molecule has 1 heterocycles. The van der Waals surface area contributed by atoms with Crippen molar-refractivity contribution < 1.29 is 32.5 Å². The third kappa shape index (κ3) is 7.97. The Labute approximate surface area is 282 Å². The summed E-state index contributed by atoms with van der Waals surface area (Å²) in [6.45, 7) is 0.218. The average Bonchev–Trinajstić information content (AvgIpc) is 3.46. The van der Waals surface area contributed by atoms with Crippen molar-refractivity contribution in [3.05, 3.63) is 140 Å². The van der Waals surface area contributed by atoms with Gasteiger partial charge in [-0.05, 0) is 53.1 Å². The number of aliphatic imine (C=N–C) groups is 1. The number of hydrazine groups is 1. The van der Waals surface area contributed by atoms with Crippen molar-refractivity contribution in [2.45, 2.75) is 37.2 Å². The van der Waals surface area contributed by atoms with Gasteiger partial charge in [0.25, 0.3) is 5.91 Å². The molecule has 0 aliphatic carbocycles. The number of aliphatic hydroxyl groups excluding tert-OH is 1. The van der Waals surface area contributed by atoms with Gasteiger partial charge in [0.15, 0.2) is 11.6 Å². The van der Waals surface area contributed by atoms with Gasteiger partial charge < -0.3 is 14.6 Å². The highest BCUT2D eigenvalue weighted by Gasteiger charge is 2.54. The molecule has 0 bridgehead atoms. The van der Waals surface area contributed by atoms with Crippen LogP contribution >= 0.6 is 15.9 Å². The molecule has 0 saturated carbocycles. The number of alkyl halides is 3. The number of azide groups is 1. The molecular weight excluding hydrogens is 693 g/mol. The number of hydrogen-bond acceptors (Lipinski definition) is 7. The number of ether oxygens (including phenoxy) is 2. The summed E-state index contributed by atoms with van der Waals surface area (Å²) in [4.78, 5) is 22.3. The van der Waals surface area contributed by atoms with Gasteiger partial charge in [0.2, 0.25) is 5.90 Å². The second-order valence-corrected chi connectivity index (χ2v) is 11.7. The van der Waals surface area contributed by atoms with Gasteiger partial charge in [-0.3, -0.25) is 10.2 Å². The highest BCUT2D eigenvalue weighted by molar-refractivity contribution is 9.10. The number of carbonyl (C=O) groups is 1. The molecule has 3 N–H and O–H groups in total. The van der Waals surface area contributed by atoms with Crippen molar-refractivity contribution >= 4 is 33.4 Å². The highest BCUT2D eigenvalue weighted by atomic mass is 79.9. The fraction of sp³-hybridized carbons (Fsp3) is 0.235. The molecule has 248 valence electrons. The molecule has 1 aliphatic heterocycles. The minimum Gasteiger partial charge on any atom is -0.494 e. The number of benzene rings is 4. The van der Waals surface area contributed by atoms with E-state index in [1.807, 2.05) is 6.07 Å².